The fourth-order valence-corrected chi connectivity index (χ4v) is 3.51. The van der Waals surface area contributed by atoms with Crippen LogP contribution in [0, 0.1) is 11.7 Å². The first-order chi connectivity index (χ1) is 9.61. The van der Waals surface area contributed by atoms with Crippen molar-refractivity contribution in [3.05, 3.63) is 15.5 Å². The van der Waals surface area contributed by atoms with E-state index in [1.54, 1.807) is 11.3 Å². The Morgan fingerprint density at radius 2 is 1.95 bits per heavy atom. The molecule has 0 atom stereocenters. The zero-order valence-corrected chi connectivity index (χ0v) is 13.3. The molecule has 1 fully saturated rings. The minimum atomic E-state index is 0.480. The number of hydrogen-bond donors (Lipinski definition) is 2. The monoisotopic (exact) mass is 310 g/mol. The minimum Gasteiger partial charge on any atom is -0.304 e. The maximum Gasteiger partial charge on any atom is 0.213 e. The highest BCUT2D eigenvalue weighted by Crippen LogP contribution is 2.27. The van der Waals surface area contributed by atoms with E-state index in [4.69, 9.17) is 12.2 Å². The number of rotatable bonds is 3. The van der Waals surface area contributed by atoms with Gasteiger partial charge >= 0.3 is 0 Å². The molecule has 0 aromatic carbocycles. The highest BCUT2D eigenvalue weighted by Gasteiger charge is 2.17. The molecule has 0 spiro atoms. The van der Waals surface area contributed by atoms with Crippen LogP contribution in [0.2, 0.25) is 0 Å². The molecule has 1 aliphatic heterocycles. The van der Waals surface area contributed by atoms with Gasteiger partial charge in [0.05, 0.1) is 17.1 Å². The summed E-state index contributed by atoms with van der Waals surface area (Å²) in [5.41, 5.74) is 1.01. The van der Waals surface area contributed by atoms with Gasteiger partial charge in [-0.25, -0.2) is 4.98 Å². The second-order valence-electron chi connectivity index (χ2n) is 5.12. The van der Waals surface area contributed by atoms with Crippen LogP contribution in [0.5, 0.6) is 0 Å². The van der Waals surface area contributed by atoms with E-state index in [1.807, 2.05) is 6.92 Å². The van der Waals surface area contributed by atoms with Crippen LogP contribution in [0.3, 0.4) is 0 Å². The molecule has 6 nitrogen and oxygen atoms in total. The maximum absolute atomic E-state index is 5.00. The summed E-state index contributed by atoms with van der Waals surface area (Å²) in [6, 6.07) is 0. The van der Waals surface area contributed by atoms with Crippen molar-refractivity contribution in [1.29, 1.82) is 0 Å². The Kier molecular flexibility index (Phi) is 3.97. The average molecular weight is 310 g/mol. The number of likely N-dealkylation sites (N-methyl/N-ethyl adjacent to an activating group) is 1. The lowest BCUT2D eigenvalue weighted by molar-refractivity contribution is 0.148. The number of nitrogens with one attached hydrogen (secondary N) is 2. The van der Waals surface area contributed by atoms with Crippen molar-refractivity contribution >= 4 is 23.6 Å². The SMILES string of the molecule is Cc1nc(CN2CCN(C)CC2)sc1-c1nc(=S)[nH][nH]1. The topological polar surface area (TPSA) is 63.8 Å². The van der Waals surface area contributed by atoms with E-state index in [2.05, 4.69) is 37.0 Å². The predicted molar refractivity (Wildman–Crippen MR) is 82.4 cm³/mol. The summed E-state index contributed by atoms with van der Waals surface area (Å²) in [6.07, 6.45) is 0. The van der Waals surface area contributed by atoms with Gasteiger partial charge in [-0.1, -0.05) is 0 Å². The van der Waals surface area contributed by atoms with Crippen molar-refractivity contribution in [2.45, 2.75) is 13.5 Å². The van der Waals surface area contributed by atoms with Gasteiger partial charge in [0, 0.05) is 26.2 Å². The fourth-order valence-electron chi connectivity index (χ4n) is 2.31. The van der Waals surface area contributed by atoms with Crippen LogP contribution < -0.4 is 0 Å². The molecule has 108 valence electrons. The lowest BCUT2D eigenvalue weighted by atomic mass is 10.3. The van der Waals surface area contributed by atoms with E-state index >= 15 is 0 Å². The molecule has 1 aliphatic rings. The third-order valence-corrected chi connectivity index (χ3v) is 4.85. The second-order valence-corrected chi connectivity index (χ2v) is 6.59. The first-order valence-electron chi connectivity index (χ1n) is 6.64. The molecule has 0 bridgehead atoms. The van der Waals surface area contributed by atoms with Crippen LogP contribution in [-0.4, -0.2) is 63.2 Å². The molecule has 3 rings (SSSR count). The molecular formula is C12H18N6S2. The molecular weight excluding hydrogens is 292 g/mol. The first kappa shape index (κ1) is 13.9. The van der Waals surface area contributed by atoms with Gasteiger partial charge in [-0.2, -0.15) is 4.98 Å². The molecule has 0 amide bonds. The van der Waals surface area contributed by atoms with Gasteiger partial charge in [0.1, 0.15) is 5.01 Å². The Balaban J connectivity index is 1.74. The molecule has 0 unspecified atom stereocenters. The second kappa shape index (κ2) is 5.72. The number of aromatic nitrogens is 4. The van der Waals surface area contributed by atoms with E-state index in [1.165, 1.54) is 0 Å². The normalized spacial score (nSPS) is 17.7. The number of piperazine rings is 1. The van der Waals surface area contributed by atoms with Gasteiger partial charge < -0.3 is 4.90 Å². The number of H-pyrrole nitrogens is 2. The summed E-state index contributed by atoms with van der Waals surface area (Å²) in [4.78, 5) is 14.8. The Morgan fingerprint density at radius 3 is 2.60 bits per heavy atom. The standard InChI is InChI=1S/C12H18N6S2/c1-8-10(11-14-12(19)16-15-11)20-9(13-8)7-18-5-3-17(2)4-6-18/h3-7H2,1-2H3,(H2,14,15,16,19). The van der Waals surface area contributed by atoms with Crippen molar-refractivity contribution in [1.82, 2.24) is 30.0 Å². The Bertz CT molecular complexity index is 634. The van der Waals surface area contributed by atoms with E-state index in [9.17, 15) is 0 Å². The summed E-state index contributed by atoms with van der Waals surface area (Å²) in [5, 5.41) is 6.97. The maximum atomic E-state index is 5.00. The van der Waals surface area contributed by atoms with Gasteiger partial charge in [0.25, 0.3) is 0 Å². The molecule has 0 saturated carbocycles. The molecule has 2 N–H and O–H groups in total. The Hall–Kier alpha value is -1.09. The molecule has 20 heavy (non-hydrogen) atoms. The van der Waals surface area contributed by atoms with Crippen LogP contribution in [-0.2, 0) is 6.54 Å². The predicted octanol–water partition coefficient (Wildman–Crippen LogP) is 1.65. The summed E-state index contributed by atoms with van der Waals surface area (Å²) in [6.45, 7) is 7.41. The minimum absolute atomic E-state index is 0.480. The smallest absolute Gasteiger partial charge is 0.213 e. The third kappa shape index (κ3) is 2.98. The number of thiazole rings is 1. The van der Waals surface area contributed by atoms with Crippen LogP contribution >= 0.6 is 23.6 Å². The number of nitrogens with zero attached hydrogens (tertiary/aromatic N) is 4. The molecule has 2 aromatic rings. The van der Waals surface area contributed by atoms with Crippen molar-refractivity contribution in [2.24, 2.45) is 0 Å². The molecule has 8 heteroatoms. The molecule has 2 aromatic heterocycles. The van der Waals surface area contributed by atoms with Gasteiger partial charge in [0.15, 0.2) is 5.82 Å². The number of aryl methyl sites for hydroxylation is 1. The lowest BCUT2D eigenvalue weighted by Crippen LogP contribution is -2.43. The zero-order chi connectivity index (χ0) is 14.1. The van der Waals surface area contributed by atoms with Crippen LogP contribution in [0.1, 0.15) is 10.7 Å². The van der Waals surface area contributed by atoms with Gasteiger partial charge in [-0.3, -0.25) is 15.1 Å². The first-order valence-corrected chi connectivity index (χ1v) is 7.86. The highest BCUT2D eigenvalue weighted by atomic mass is 32.1. The lowest BCUT2D eigenvalue weighted by Gasteiger charge is -2.31. The zero-order valence-electron chi connectivity index (χ0n) is 11.6. The van der Waals surface area contributed by atoms with Crippen molar-refractivity contribution < 1.29 is 0 Å². The molecule has 0 radical (unpaired) electrons. The molecule has 3 heterocycles. The quantitative estimate of drug-likeness (QED) is 0.844. The Morgan fingerprint density at radius 1 is 1.20 bits per heavy atom. The van der Waals surface area contributed by atoms with Gasteiger partial charge in [-0.15, -0.1) is 11.3 Å². The van der Waals surface area contributed by atoms with Gasteiger partial charge in [0.2, 0.25) is 4.77 Å². The van der Waals surface area contributed by atoms with Crippen LogP contribution in [0.4, 0.5) is 0 Å². The van der Waals surface area contributed by atoms with Gasteiger partial charge in [-0.05, 0) is 26.2 Å². The van der Waals surface area contributed by atoms with E-state index in [-0.39, 0.29) is 0 Å². The molecule has 0 aliphatic carbocycles. The third-order valence-electron chi connectivity index (χ3n) is 3.51. The summed E-state index contributed by atoms with van der Waals surface area (Å²) in [7, 11) is 2.17. The van der Waals surface area contributed by atoms with Crippen molar-refractivity contribution in [3.63, 3.8) is 0 Å². The fraction of sp³-hybridized carbons (Fsp3) is 0.583. The Labute approximate surface area is 126 Å². The largest absolute Gasteiger partial charge is 0.304 e. The summed E-state index contributed by atoms with van der Waals surface area (Å²) in [5.74, 6) is 0.787. The van der Waals surface area contributed by atoms with Crippen LogP contribution in [0.25, 0.3) is 10.7 Å². The molecule has 1 saturated heterocycles. The van der Waals surface area contributed by atoms with E-state index < -0.39 is 0 Å². The summed E-state index contributed by atoms with van der Waals surface area (Å²) < 4.78 is 0.480. The van der Waals surface area contributed by atoms with Crippen molar-refractivity contribution in [3.8, 4) is 10.7 Å². The number of aromatic amines is 2. The van der Waals surface area contributed by atoms with E-state index in [0.717, 1.165) is 54.1 Å². The summed E-state index contributed by atoms with van der Waals surface area (Å²) >= 11 is 6.69. The highest BCUT2D eigenvalue weighted by molar-refractivity contribution is 7.71. The van der Waals surface area contributed by atoms with E-state index in [0.29, 0.717) is 4.77 Å². The van der Waals surface area contributed by atoms with Crippen LogP contribution in [0.15, 0.2) is 0 Å². The van der Waals surface area contributed by atoms with Crippen molar-refractivity contribution in [2.75, 3.05) is 33.2 Å². The average Bonchev–Trinajstić information content (AvgIpc) is 2.98. The number of hydrogen-bond acceptors (Lipinski definition) is 6.